The summed E-state index contributed by atoms with van der Waals surface area (Å²) in [6, 6.07) is 12.5. The molecule has 0 aliphatic carbocycles. The molecular formula is C21H21N7O5. The van der Waals surface area contributed by atoms with Crippen LogP contribution >= 0.6 is 0 Å². The normalized spacial score (nSPS) is 10.3. The molecule has 1 amide bonds. The molecule has 12 nitrogen and oxygen atoms in total. The fourth-order valence-corrected chi connectivity index (χ4v) is 2.96. The Labute approximate surface area is 188 Å². The van der Waals surface area contributed by atoms with Crippen LogP contribution in [-0.4, -0.2) is 25.7 Å². The Kier molecular flexibility index (Phi) is 7.42. The van der Waals surface area contributed by atoms with E-state index in [0.29, 0.717) is 5.69 Å². The van der Waals surface area contributed by atoms with Crippen LogP contribution in [0.25, 0.3) is 0 Å². The molecule has 0 aliphatic rings. The molecule has 33 heavy (non-hydrogen) atoms. The summed E-state index contributed by atoms with van der Waals surface area (Å²) >= 11 is 0. The third-order valence-electron chi connectivity index (χ3n) is 4.65. The number of nitrogens with zero attached hydrogens (tertiary/aromatic N) is 4. The molecule has 3 aromatic rings. The lowest BCUT2D eigenvalue weighted by Crippen LogP contribution is -2.30. The van der Waals surface area contributed by atoms with Gasteiger partial charge in [0.1, 0.15) is 6.33 Å². The Morgan fingerprint density at radius 2 is 1.73 bits per heavy atom. The first-order chi connectivity index (χ1) is 15.9. The molecule has 0 atom stereocenters. The van der Waals surface area contributed by atoms with Crippen LogP contribution in [0, 0.1) is 20.2 Å². The van der Waals surface area contributed by atoms with Gasteiger partial charge in [-0.15, -0.1) is 0 Å². The van der Waals surface area contributed by atoms with Crippen LogP contribution in [-0.2, 0) is 6.42 Å². The van der Waals surface area contributed by atoms with Crippen molar-refractivity contribution in [3.8, 4) is 0 Å². The first-order valence-corrected chi connectivity index (χ1v) is 10.0. The predicted molar refractivity (Wildman–Crippen MR) is 121 cm³/mol. The van der Waals surface area contributed by atoms with E-state index in [9.17, 15) is 25.0 Å². The van der Waals surface area contributed by atoms with Crippen LogP contribution in [0.3, 0.4) is 0 Å². The smallest absolute Gasteiger partial charge is 0.334 e. The molecule has 0 spiro atoms. The molecule has 12 heteroatoms. The molecule has 3 rings (SSSR count). The fraction of sp³-hybridized carbons (Fsp3) is 0.190. The summed E-state index contributed by atoms with van der Waals surface area (Å²) in [6.45, 7) is 2.11. The molecule has 1 heterocycles. The molecular weight excluding hydrogens is 430 g/mol. The Morgan fingerprint density at radius 1 is 1.00 bits per heavy atom. The maximum absolute atomic E-state index is 12.3. The lowest BCUT2D eigenvalue weighted by molar-refractivity contribution is -0.384. The maximum Gasteiger partial charge on any atom is 0.355 e. The van der Waals surface area contributed by atoms with Gasteiger partial charge in [-0.25, -0.2) is 9.97 Å². The highest BCUT2D eigenvalue weighted by Crippen LogP contribution is 2.31. The van der Waals surface area contributed by atoms with E-state index in [4.69, 9.17) is 0 Å². The van der Waals surface area contributed by atoms with Crippen molar-refractivity contribution < 1.29 is 14.6 Å². The maximum atomic E-state index is 12.3. The van der Waals surface area contributed by atoms with Gasteiger partial charge < -0.3 is 5.32 Å². The summed E-state index contributed by atoms with van der Waals surface area (Å²) in [7, 11) is 0. The number of carbonyl (C=O) groups excluding carboxylic acids is 1. The number of carbonyl (C=O) groups is 1. The number of nitro benzene ring substituents is 1. The second-order valence-electron chi connectivity index (χ2n) is 6.99. The molecule has 0 saturated carbocycles. The number of nitrogens with one attached hydrogen (secondary N) is 3. The van der Waals surface area contributed by atoms with Gasteiger partial charge in [-0.2, -0.15) is 0 Å². The van der Waals surface area contributed by atoms with Gasteiger partial charge in [0.15, 0.2) is 0 Å². The van der Waals surface area contributed by atoms with Crippen LogP contribution in [0.15, 0.2) is 54.9 Å². The summed E-state index contributed by atoms with van der Waals surface area (Å²) in [5.74, 6) is -1.05. The van der Waals surface area contributed by atoms with Crippen molar-refractivity contribution in [3.63, 3.8) is 0 Å². The molecule has 2 aromatic carbocycles. The van der Waals surface area contributed by atoms with Crippen molar-refractivity contribution in [3.05, 3.63) is 86.2 Å². The van der Waals surface area contributed by atoms with Crippen molar-refractivity contribution >= 4 is 34.6 Å². The van der Waals surface area contributed by atoms with E-state index in [2.05, 4.69) is 33.1 Å². The average Bonchev–Trinajstić information content (AvgIpc) is 2.82. The van der Waals surface area contributed by atoms with Gasteiger partial charge in [0, 0.05) is 23.4 Å². The van der Waals surface area contributed by atoms with E-state index in [1.165, 1.54) is 18.2 Å². The Morgan fingerprint density at radius 3 is 2.39 bits per heavy atom. The van der Waals surface area contributed by atoms with E-state index in [1.807, 2.05) is 12.1 Å². The summed E-state index contributed by atoms with van der Waals surface area (Å²) in [5, 5.41) is 25.5. The quantitative estimate of drug-likeness (QED) is 0.303. The number of aromatic nitrogens is 2. The number of hydrogen-bond acceptors (Lipinski definition) is 9. The highest BCUT2D eigenvalue weighted by Gasteiger charge is 2.24. The highest BCUT2D eigenvalue weighted by molar-refractivity contribution is 5.95. The van der Waals surface area contributed by atoms with Crippen LogP contribution in [0.4, 0.5) is 28.7 Å². The number of anilines is 3. The van der Waals surface area contributed by atoms with Crippen molar-refractivity contribution in [1.82, 2.24) is 15.4 Å². The second-order valence-corrected chi connectivity index (χ2v) is 6.99. The zero-order chi connectivity index (χ0) is 23.8. The summed E-state index contributed by atoms with van der Waals surface area (Å²) in [5.41, 5.74) is 5.67. The van der Waals surface area contributed by atoms with E-state index in [0.717, 1.165) is 37.2 Å². The van der Waals surface area contributed by atoms with Gasteiger partial charge >= 0.3 is 5.69 Å². The molecule has 1 aromatic heterocycles. The number of hydrazine groups is 1. The van der Waals surface area contributed by atoms with Crippen molar-refractivity contribution in [2.24, 2.45) is 0 Å². The van der Waals surface area contributed by atoms with Gasteiger partial charge in [-0.05, 0) is 36.6 Å². The SMILES string of the molecule is CCCCc1ccc(Nc2ncnc(NNC(=O)c3cccc([N+](=O)[O-])c3)c2[N+](=O)[O-])cc1. The summed E-state index contributed by atoms with van der Waals surface area (Å²) < 4.78 is 0. The van der Waals surface area contributed by atoms with Gasteiger partial charge in [0.2, 0.25) is 11.6 Å². The lowest BCUT2D eigenvalue weighted by Gasteiger charge is -2.11. The first-order valence-electron chi connectivity index (χ1n) is 10.0. The van der Waals surface area contributed by atoms with E-state index >= 15 is 0 Å². The van der Waals surface area contributed by atoms with Crippen molar-refractivity contribution in [1.29, 1.82) is 0 Å². The minimum Gasteiger partial charge on any atom is -0.334 e. The van der Waals surface area contributed by atoms with Gasteiger partial charge in [-0.1, -0.05) is 31.5 Å². The third kappa shape index (κ3) is 5.97. The lowest BCUT2D eigenvalue weighted by atomic mass is 10.1. The number of aryl methyl sites for hydroxylation is 1. The largest absolute Gasteiger partial charge is 0.355 e. The molecule has 170 valence electrons. The number of non-ortho nitro benzene ring substituents is 1. The van der Waals surface area contributed by atoms with Crippen LogP contribution < -0.4 is 16.2 Å². The molecule has 0 bridgehead atoms. The first kappa shape index (κ1) is 23.1. The van der Waals surface area contributed by atoms with Crippen LogP contribution in [0.5, 0.6) is 0 Å². The molecule has 0 aliphatic heterocycles. The number of rotatable bonds is 10. The zero-order valence-corrected chi connectivity index (χ0v) is 17.6. The average molecular weight is 451 g/mol. The number of hydrogen-bond donors (Lipinski definition) is 3. The molecule has 0 fully saturated rings. The van der Waals surface area contributed by atoms with Crippen molar-refractivity contribution in [2.75, 3.05) is 10.7 Å². The molecule has 0 unspecified atom stereocenters. The van der Waals surface area contributed by atoms with E-state index in [1.54, 1.807) is 12.1 Å². The Hall–Kier alpha value is -4.61. The molecule has 3 N–H and O–H groups in total. The zero-order valence-electron chi connectivity index (χ0n) is 17.6. The number of nitro groups is 2. The van der Waals surface area contributed by atoms with E-state index < -0.39 is 21.4 Å². The predicted octanol–water partition coefficient (Wildman–Crippen LogP) is 4.14. The van der Waals surface area contributed by atoms with Crippen LogP contribution in [0.1, 0.15) is 35.7 Å². The van der Waals surface area contributed by atoms with Gasteiger partial charge in [-0.3, -0.25) is 35.9 Å². The van der Waals surface area contributed by atoms with Crippen molar-refractivity contribution in [2.45, 2.75) is 26.2 Å². The Bertz CT molecular complexity index is 1170. The fourth-order valence-electron chi connectivity index (χ4n) is 2.96. The third-order valence-corrected chi connectivity index (χ3v) is 4.65. The minimum atomic E-state index is -0.733. The number of amides is 1. The van der Waals surface area contributed by atoms with E-state index in [-0.39, 0.29) is 22.9 Å². The second kappa shape index (κ2) is 10.6. The topological polar surface area (TPSA) is 165 Å². The monoisotopic (exact) mass is 451 g/mol. The Balaban J connectivity index is 1.76. The van der Waals surface area contributed by atoms with Gasteiger partial charge in [0.25, 0.3) is 11.6 Å². The standard InChI is InChI=1S/C21H21N7O5/c1-2-3-5-14-8-10-16(11-9-14)24-19-18(28(32)33)20(23-13-22-19)25-26-21(29)15-6-4-7-17(12-15)27(30)31/h4,6-13H,2-3,5H2,1H3,(H,26,29)(H2,22,23,24,25). The molecule has 0 radical (unpaired) electrons. The highest BCUT2D eigenvalue weighted by atomic mass is 16.6. The summed E-state index contributed by atoms with van der Waals surface area (Å²) in [4.78, 5) is 41.4. The number of benzene rings is 2. The number of unbranched alkanes of at least 4 members (excludes halogenated alkanes) is 1. The minimum absolute atomic E-state index is 0.00470. The van der Waals surface area contributed by atoms with Crippen LogP contribution in [0.2, 0.25) is 0 Å². The van der Waals surface area contributed by atoms with Gasteiger partial charge in [0.05, 0.1) is 9.85 Å². The molecule has 0 saturated heterocycles. The summed E-state index contributed by atoms with van der Waals surface area (Å²) in [6.07, 6.45) is 4.21.